The van der Waals surface area contributed by atoms with Crippen molar-refractivity contribution in [1.82, 2.24) is 10.3 Å². The number of aromatic nitrogens is 1. The maximum Gasteiger partial charge on any atom is 0.270 e. The molecule has 0 unspecified atom stereocenters. The van der Waals surface area contributed by atoms with Crippen molar-refractivity contribution >= 4 is 5.91 Å². The fourth-order valence-electron chi connectivity index (χ4n) is 1.73. The largest absolute Gasteiger partial charge is 0.349 e. The molecule has 0 aliphatic heterocycles. The number of carbonyl (C=O) groups excluding carboxylic acids is 1. The molecule has 1 aliphatic carbocycles. The van der Waals surface area contributed by atoms with Crippen LogP contribution < -0.4 is 5.32 Å². The zero-order valence-electron chi connectivity index (χ0n) is 10.1. The van der Waals surface area contributed by atoms with Gasteiger partial charge in [0, 0.05) is 17.7 Å². The number of pyridine rings is 1. The molecule has 3 heteroatoms. The van der Waals surface area contributed by atoms with Gasteiger partial charge in [-0.05, 0) is 51.3 Å². The van der Waals surface area contributed by atoms with Crippen molar-refractivity contribution in [3.8, 4) is 0 Å². The van der Waals surface area contributed by atoms with E-state index in [1.54, 1.807) is 0 Å². The van der Waals surface area contributed by atoms with E-state index >= 15 is 0 Å². The smallest absolute Gasteiger partial charge is 0.270 e. The first-order valence-corrected chi connectivity index (χ1v) is 5.85. The van der Waals surface area contributed by atoms with Crippen LogP contribution in [0.25, 0.3) is 0 Å². The molecule has 16 heavy (non-hydrogen) atoms. The minimum Gasteiger partial charge on any atom is -0.349 e. The molecule has 1 amide bonds. The molecule has 1 aromatic heterocycles. The second-order valence-electron chi connectivity index (χ2n) is 4.86. The van der Waals surface area contributed by atoms with Crippen LogP contribution in [0.2, 0.25) is 0 Å². The number of nitrogens with one attached hydrogen (secondary N) is 1. The van der Waals surface area contributed by atoms with E-state index in [-0.39, 0.29) is 11.9 Å². The van der Waals surface area contributed by atoms with E-state index in [0.717, 1.165) is 11.3 Å². The van der Waals surface area contributed by atoms with E-state index in [1.807, 2.05) is 26.8 Å². The van der Waals surface area contributed by atoms with Gasteiger partial charge in [-0.1, -0.05) is 0 Å². The topological polar surface area (TPSA) is 42.0 Å². The van der Waals surface area contributed by atoms with Gasteiger partial charge in [0.05, 0.1) is 0 Å². The molecule has 0 bridgehead atoms. The Bertz CT molecular complexity index is 408. The fraction of sp³-hybridized carbons (Fsp3) is 0.538. The quantitative estimate of drug-likeness (QED) is 0.846. The van der Waals surface area contributed by atoms with E-state index in [0.29, 0.717) is 11.6 Å². The van der Waals surface area contributed by atoms with Gasteiger partial charge in [-0.25, -0.2) is 4.98 Å². The maximum absolute atomic E-state index is 11.8. The van der Waals surface area contributed by atoms with E-state index in [1.165, 1.54) is 12.8 Å². The van der Waals surface area contributed by atoms with Crippen LogP contribution >= 0.6 is 0 Å². The Morgan fingerprint density at radius 3 is 2.69 bits per heavy atom. The van der Waals surface area contributed by atoms with Gasteiger partial charge in [-0.15, -0.1) is 0 Å². The molecule has 0 radical (unpaired) electrons. The summed E-state index contributed by atoms with van der Waals surface area (Å²) in [6.07, 6.45) is 2.42. The van der Waals surface area contributed by atoms with Crippen molar-refractivity contribution in [2.24, 2.45) is 0 Å². The highest BCUT2D eigenvalue weighted by Gasteiger charge is 2.26. The highest BCUT2D eigenvalue weighted by molar-refractivity contribution is 5.92. The van der Waals surface area contributed by atoms with Gasteiger partial charge in [0.2, 0.25) is 0 Å². The number of aryl methyl sites for hydroxylation is 1. The predicted octanol–water partition coefficient (Wildman–Crippen LogP) is 2.41. The van der Waals surface area contributed by atoms with E-state index in [4.69, 9.17) is 0 Å². The number of nitrogens with zero attached hydrogens (tertiary/aromatic N) is 1. The van der Waals surface area contributed by atoms with Crippen LogP contribution in [0.1, 0.15) is 54.4 Å². The van der Waals surface area contributed by atoms with Crippen LogP contribution in [0.4, 0.5) is 0 Å². The molecule has 0 spiro atoms. The van der Waals surface area contributed by atoms with Gasteiger partial charge < -0.3 is 5.32 Å². The highest BCUT2D eigenvalue weighted by Crippen LogP contribution is 2.39. The van der Waals surface area contributed by atoms with Gasteiger partial charge in [0.1, 0.15) is 5.69 Å². The van der Waals surface area contributed by atoms with Crippen LogP contribution in [0.3, 0.4) is 0 Å². The molecule has 1 aliphatic rings. The maximum atomic E-state index is 11.8. The first kappa shape index (κ1) is 11.1. The summed E-state index contributed by atoms with van der Waals surface area (Å²) >= 11 is 0. The third kappa shape index (κ3) is 2.60. The lowest BCUT2D eigenvalue weighted by Crippen LogP contribution is -2.31. The number of hydrogen-bond acceptors (Lipinski definition) is 2. The highest BCUT2D eigenvalue weighted by atomic mass is 16.1. The van der Waals surface area contributed by atoms with Crippen LogP contribution in [-0.2, 0) is 0 Å². The zero-order chi connectivity index (χ0) is 11.7. The standard InChI is InChI=1S/C13H18N2O/c1-8(2)14-13(16)12-7-9(3)6-11(15-12)10-4-5-10/h6-8,10H,4-5H2,1-3H3,(H,14,16). The van der Waals surface area contributed by atoms with Crippen molar-refractivity contribution in [2.75, 3.05) is 0 Å². The summed E-state index contributed by atoms with van der Waals surface area (Å²) in [5.74, 6) is 0.520. The number of rotatable bonds is 3. The zero-order valence-corrected chi connectivity index (χ0v) is 10.1. The summed E-state index contributed by atoms with van der Waals surface area (Å²) in [6, 6.07) is 4.09. The molecule has 3 nitrogen and oxygen atoms in total. The summed E-state index contributed by atoms with van der Waals surface area (Å²) in [7, 11) is 0. The van der Waals surface area contributed by atoms with Crippen LogP contribution in [0.5, 0.6) is 0 Å². The molecule has 0 aromatic carbocycles. The van der Waals surface area contributed by atoms with Gasteiger partial charge >= 0.3 is 0 Å². The Balaban J connectivity index is 2.22. The lowest BCUT2D eigenvalue weighted by atomic mass is 10.1. The van der Waals surface area contributed by atoms with Gasteiger partial charge in [-0.2, -0.15) is 0 Å². The second-order valence-corrected chi connectivity index (χ2v) is 4.86. The van der Waals surface area contributed by atoms with Crippen molar-refractivity contribution < 1.29 is 4.79 Å². The van der Waals surface area contributed by atoms with E-state index < -0.39 is 0 Å². The summed E-state index contributed by atoms with van der Waals surface area (Å²) in [6.45, 7) is 5.92. The Kier molecular flexibility index (Phi) is 2.95. The summed E-state index contributed by atoms with van der Waals surface area (Å²) < 4.78 is 0. The SMILES string of the molecule is Cc1cc(C(=O)NC(C)C)nc(C2CC2)c1. The Morgan fingerprint density at radius 1 is 1.44 bits per heavy atom. The normalized spacial score (nSPS) is 15.2. The molecular formula is C13H18N2O. The first-order valence-electron chi connectivity index (χ1n) is 5.85. The van der Waals surface area contributed by atoms with Crippen molar-refractivity contribution in [1.29, 1.82) is 0 Å². The fourth-order valence-corrected chi connectivity index (χ4v) is 1.73. The average molecular weight is 218 g/mol. The Labute approximate surface area is 96.3 Å². The van der Waals surface area contributed by atoms with Crippen molar-refractivity contribution in [3.63, 3.8) is 0 Å². The number of carbonyl (C=O) groups is 1. The molecule has 86 valence electrons. The first-order chi connectivity index (χ1) is 7.56. The predicted molar refractivity (Wildman–Crippen MR) is 63.6 cm³/mol. The summed E-state index contributed by atoms with van der Waals surface area (Å²) in [5, 5.41) is 2.87. The van der Waals surface area contributed by atoms with Gasteiger partial charge in [-0.3, -0.25) is 4.79 Å². The van der Waals surface area contributed by atoms with Crippen LogP contribution in [-0.4, -0.2) is 16.9 Å². The van der Waals surface area contributed by atoms with Crippen molar-refractivity contribution in [2.45, 2.75) is 45.6 Å². The van der Waals surface area contributed by atoms with E-state index in [2.05, 4.69) is 16.4 Å². The molecule has 1 N–H and O–H groups in total. The van der Waals surface area contributed by atoms with E-state index in [9.17, 15) is 4.79 Å². The van der Waals surface area contributed by atoms with Crippen LogP contribution in [0.15, 0.2) is 12.1 Å². The molecule has 0 atom stereocenters. The monoisotopic (exact) mass is 218 g/mol. The molecule has 1 aromatic rings. The number of hydrogen-bond donors (Lipinski definition) is 1. The molecule has 1 fully saturated rings. The van der Waals surface area contributed by atoms with Gasteiger partial charge in [0.25, 0.3) is 5.91 Å². The minimum absolute atomic E-state index is 0.0689. The minimum atomic E-state index is -0.0689. The molecule has 0 saturated heterocycles. The molecular weight excluding hydrogens is 200 g/mol. The number of amides is 1. The Hall–Kier alpha value is -1.38. The molecule has 1 heterocycles. The third-order valence-electron chi connectivity index (χ3n) is 2.64. The molecule has 2 rings (SSSR count). The second kappa shape index (κ2) is 4.24. The van der Waals surface area contributed by atoms with Crippen LogP contribution in [0, 0.1) is 6.92 Å². The summed E-state index contributed by atoms with van der Waals surface area (Å²) in [4.78, 5) is 16.3. The van der Waals surface area contributed by atoms with Gasteiger partial charge in [0.15, 0.2) is 0 Å². The van der Waals surface area contributed by atoms with Crippen molar-refractivity contribution in [3.05, 3.63) is 29.1 Å². The lowest BCUT2D eigenvalue weighted by Gasteiger charge is -2.09. The lowest BCUT2D eigenvalue weighted by molar-refractivity contribution is 0.0937. The third-order valence-corrected chi connectivity index (χ3v) is 2.64. The Morgan fingerprint density at radius 2 is 2.12 bits per heavy atom. The average Bonchev–Trinajstić information content (AvgIpc) is 2.98. The summed E-state index contributed by atoms with van der Waals surface area (Å²) in [5.41, 5.74) is 2.75. The molecule has 1 saturated carbocycles.